The molecule has 0 N–H and O–H groups in total. The Kier molecular flexibility index (Phi) is 3.41. The molecular formula is C30H29N3. The van der Waals surface area contributed by atoms with Gasteiger partial charge in [-0.05, 0) is 89.9 Å². The number of nitrogens with zero attached hydrogens (tertiary/aromatic N) is 3. The Morgan fingerprint density at radius 3 is 2.39 bits per heavy atom. The zero-order valence-electron chi connectivity index (χ0n) is 20.3. The molecule has 1 aliphatic carbocycles. The van der Waals surface area contributed by atoms with Gasteiger partial charge in [0.25, 0.3) is 0 Å². The van der Waals surface area contributed by atoms with E-state index in [9.17, 15) is 0 Å². The van der Waals surface area contributed by atoms with Gasteiger partial charge in [-0.3, -0.25) is 9.38 Å². The van der Waals surface area contributed by atoms with Crippen molar-refractivity contribution in [2.75, 3.05) is 0 Å². The summed E-state index contributed by atoms with van der Waals surface area (Å²) in [5.41, 5.74) is 10.3. The number of hydrogen-bond donors (Lipinski definition) is 0. The highest BCUT2D eigenvalue weighted by molar-refractivity contribution is 6.26. The molecule has 4 heterocycles. The van der Waals surface area contributed by atoms with Crippen molar-refractivity contribution >= 4 is 49.1 Å². The number of aromatic nitrogens is 3. The highest BCUT2D eigenvalue weighted by Gasteiger charge is 2.40. The maximum absolute atomic E-state index is 5.12. The van der Waals surface area contributed by atoms with Crippen LogP contribution in [-0.2, 0) is 10.8 Å². The van der Waals surface area contributed by atoms with Crippen molar-refractivity contribution < 1.29 is 0 Å². The van der Waals surface area contributed by atoms with Crippen LogP contribution in [0.2, 0.25) is 0 Å². The summed E-state index contributed by atoms with van der Waals surface area (Å²) in [7, 11) is 0. The minimum absolute atomic E-state index is 0.0798. The van der Waals surface area contributed by atoms with Gasteiger partial charge in [0.15, 0.2) is 0 Å². The molecule has 0 spiro atoms. The number of benzene rings is 2. The molecule has 7 rings (SSSR count). The van der Waals surface area contributed by atoms with E-state index in [1.54, 1.807) is 0 Å². The van der Waals surface area contributed by atoms with Gasteiger partial charge in [0.2, 0.25) is 0 Å². The number of rotatable bonds is 0. The minimum atomic E-state index is 0.0798. The van der Waals surface area contributed by atoms with Gasteiger partial charge in [0, 0.05) is 33.4 Å². The van der Waals surface area contributed by atoms with Crippen LogP contribution in [0.25, 0.3) is 49.1 Å². The molecule has 6 aromatic rings. The number of pyridine rings is 3. The predicted octanol–water partition coefficient (Wildman–Crippen LogP) is 7.75. The number of aryl methyl sites for hydroxylation is 2. The smallest absolute Gasteiger partial charge is 0.145 e. The average molecular weight is 432 g/mol. The Bertz CT molecular complexity index is 1780. The molecule has 4 aromatic heterocycles. The van der Waals surface area contributed by atoms with Crippen LogP contribution in [0.5, 0.6) is 0 Å². The third-order valence-electron chi connectivity index (χ3n) is 8.28. The van der Waals surface area contributed by atoms with Crippen LogP contribution in [0.15, 0.2) is 42.6 Å². The molecule has 0 saturated heterocycles. The van der Waals surface area contributed by atoms with Gasteiger partial charge in [-0.1, -0.05) is 33.8 Å². The quantitative estimate of drug-likeness (QED) is 0.182. The van der Waals surface area contributed by atoms with Crippen LogP contribution in [0.3, 0.4) is 0 Å². The third-order valence-corrected chi connectivity index (χ3v) is 8.28. The van der Waals surface area contributed by atoms with Gasteiger partial charge in [0.05, 0.1) is 16.6 Å². The van der Waals surface area contributed by atoms with Crippen molar-refractivity contribution in [2.45, 2.75) is 65.2 Å². The second kappa shape index (κ2) is 5.83. The van der Waals surface area contributed by atoms with Crippen LogP contribution in [0, 0.1) is 13.8 Å². The van der Waals surface area contributed by atoms with Gasteiger partial charge in [-0.15, -0.1) is 0 Å². The molecule has 33 heavy (non-hydrogen) atoms. The summed E-state index contributed by atoms with van der Waals surface area (Å²) >= 11 is 0. The van der Waals surface area contributed by atoms with Crippen LogP contribution in [-0.4, -0.2) is 14.4 Å². The molecule has 0 amide bonds. The molecule has 1 aliphatic rings. The predicted molar refractivity (Wildman–Crippen MR) is 139 cm³/mol. The summed E-state index contributed by atoms with van der Waals surface area (Å²) in [5.74, 6) is 0. The lowest BCUT2D eigenvalue weighted by Gasteiger charge is -2.43. The highest BCUT2D eigenvalue weighted by Crippen LogP contribution is 2.51. The molecular weight excluding hydrogens is 402 g/mol. The zero-order chi connectivity index (χ0) is 22.9. The molecule has 0 radical (unpaired) electrons. The first-order valence-electron chi connectivity index (χ1n) is 12.1. The maximum atomic E-state index is 5.12. The fourth-order valence-electron chi connectivity index (χ4n) is 6.51. The summed E-state index contributed by atoms with van der Waals surface area (Å²) < 4.78 is 2.49. The van der Waals surface area contributed by atoms with E-state index in [0.29, 0.717) is 0 Å². The minimum Gasteiger partial charge on any atom is -0.292 e. The van der Waals surface area contributed by atoms with E-state index >= 15 is 0 Å². The summed E-state index contributed by atoms with van der Waals surface area (Å²) in [5, 5.41) is 6.30. The summed E-state index contributed by atoms with van der Waals surface area (Å²) in [6, 6.07) is 13.7. The topological polar surface area (TPSA) is 30.2 Å². The number of fused-ring (bicyclic) bond motifs is 7. The van der Waals surface area contributed by atoms with E-state index in [4.69, 9.17) is 9.97 Å². The Balaban J connectivity index is 1.93. The van der Waals surface area contributed by atoms with E-state index in [-0.39, 0.29) is 10.8 Å². The lowest BCUT2D eigenvalue weighted by Crippen LogP contribution is -2.34. The maximum Gasteiger partial charge on any atom is 0.145 e. The third kappa shape index (κ3) is 2.30. The van der Waals surface area contributed by atoms with E-state index < -0.39 is 0 Å². The van der Waals surface area contributed by atoms with Crippen LogP contribution in [0.1, 0.15) is 62.9 Å². The molecule has 3 nitrogen and oxygen atoms in total. The van der Waals surface area contributed by atoms with Crippen LogP contribution in [0.4, 0.5) is 0 Å². The Morgan fingerprint density at radius 2 is 1.58 bits per heavy atom. The average Bonchev–Trinajstić information content (AvgIpc) is 3.08. The van der Waals surface area contributed by atoms with Gasteiger partial charge in [-0.25, -0.2) is 4.98 Å². The molecule has 0 fully saturated rings. The molecule has 0 aliphatic heterocycles. The molecule has 0 bridgehead atoms. The normalized spacial score (nSPS) is 17.6. The number of hydrogen-bond acceptors (Lipinski definition) is 2. The van der Waals surface area contributed by atoms with E-state index in [0.717, 1.165) is 16.9 Å². The molecule has 0 atom stereocenters. The first-order valence-corrected chi connectivity index (χ1v) is 12.1. The van der Waals surface area contributed by atoms with Crippen molar-refractivity contribution in [3.63, 3.8) is 0 Å². The molecule has 3 heteroatoms. The van der Waals surface area contributed by atoms with Gasteiger partial charge < -0.3 is 0 Å². The van der Waals surface area contributed by atoms with Crippen LogP contribution >= 0.6 is 0 Å². The SMILES string of the molecule is Cc1cc2c3ccc(C)nc3n3c4c5c(cc6ccnc(c(c1)c23)c64)C(C)(C)CCC5(C)C. The first-order chi connectivity index (χ1) is 15.7. The van der Waals surface area contributed by atoms with Gasteiger partial charge >= 0.3 is 0 Å². The lowest BCUT2D eigenvalue weighted by atomic mass is 9.62. The second-order valence-electron chi connectivity index (χ2n) is 11.5. The molecule has 0 unspecified atom stereocenters. The van der Waals surface area contributed by atoms with Gasteiger partial charge in [0.1, 0.15) is 5.65 Å². The lowest BCUT2D eigenvalue weighted by molar-refractivity contribution is 0.334. The zero-order valence-corrected chi connectivity index (χ0v) is 20.3. The van der Waals surface area contributed by atoms with Crippen molar-refractivity contribution in [1.29, 1.82) is 0 Å². The largest absolute Gasteiger partial charge is 0.292 e. The fourth-order valence-corrected chi connectivity index (χ4v) is 6.51. The van der Waals surface area contributed by atoms with E-state index in [1.807, 2.05) is 6.20 Å². The van der Waals surface area contributed by atoms with E-state index in [2.05, 4.69) is 82.3 Å². The first kappa shape index (κ1) is 19.3. The van der Waals surface area contributed by atoms with E-state index in [1.165, 1.54) is 67.5 Å². The highest BCUT2D eigenvalue weighted by atomic mass is 15.0. The van der Waals surface area contributed by atoms with Crippen molar-refractivity contribution in [3.8, 4) is 0 Å². The van der Waals surface area contributed by atoms with Crippen molar-refractivity contribution in [2.24, 2.45) is 0 Å². The summed E-state index contributed by atoms with van der Waals surface area (Å²) in [6.07, 6.45) is 4.37. The Morgan fingerprint density at radius 1 is 0.818 bits per heavy atom. The molecule has 2 aromatic carbocycles. The molecule has 0 saturated carbocycles. The fraction of sp³-hybridized carbons (Fsp3) is 0.333. The Hall–Kier alpha value is -3.20. The van der Waals surface area contributed by atoms with Crippen LogP contribution < -0.4 is 0 Å². The second-order valence-corrected chi connectivity index (χ2v) is 11.5. The van der Waals surface area contributed by atoms with Crippen molar-refractivity contribution in [3.05, 3.63) is 65.0 Å². The van der Waals surface area contributed by atoms with Crippen molar-refractivity contribution in [1.82, 2.24) is 14.4 Å². The molecule has 164 valence electrons. The monoisotopic (exact) mass is 431 g/mol. The Labute approximate surface area is 193 Å². The summed E-state index contributed by atoms with van der Waals surface area (Å²) in [4.78, 5) is 10.1. The van der Waals surface area contributed by atoms with Gasteiger partial charge in [-0.2, -0.15) is 0 Å². The summed E-state index contributed by atoms with van der Waals surface area (Å²) in [6.45, 7) is 13.9. The standard InChI is InChI=1S/C30H29N3/c1-16-13-20-19-8-7-17(2)32-28(19)33-26(20)21(14-16)25-23-18(9-12-31-25)15-22-24(27(23)33)30(5,6)11-10-29(22,3)4/h7-9,12-15H,10-11H2,1-6H3.